The van der Waals surface area contributed by atoms with Gasteiger partial charge in [0.05, 0.1) is 0 Å². The predicted octanol–water partition coefficient (Wildman–Crippen LogP) is 2.60. The maximum Gasteiger partial charge on any atom is 0.250 e. The van der Waals surface area contributed by atoms with Crippen molar-refractivity contribution in [3.63, 3.8) is 0 Å². The van der Waals surface area contributed by atoms with Crippen LogP contribution < -0.4 is 0 Å². The summed E-state index contributed by atoms with van der Waals surface area (Å²) in [5, 5.41) is 0. The van der Waals surface area contributed by atoms with Gasteiger partial charge in [-0.2, -0.15) is 0 Å². The van der Waals surface area contributed by atoms with Gasteiger partial charge in [-0.05, 0) is 30.3 Å². The van der Waals surface area contributed by atoms with Crippen molar-refractivity contribution in [2.75, 3.05) is 0 Å². The lowest BCUT2D eigenvalue weighted by molar-refractivity contribution is -0.116. The summed E-state index contributed by atoms with van der Waals surface area (Å²) < 4.78 is 5.89. The highest BCUT2D eigenvalue weighted by atomic mass is 28.4. The molecule has 0 aliphatic heterocycles. The Hall–Kier alpha value is -1.16. The summed E-state index contributed by atoms with van der Waals surface area (Å²) in [4.78, 5) is 22.7. The van der Waals surface area contributed by atoms with E-state index in [2.05, 4.69) is 20.8 Å². The van der Waals surface area contributed by atoms with Gasteiger partial charge in [0.1, 0.15) is 0 Å². The number of allylic oxidation sites excluding steroid dienone is 3. The summed E-state index contributed by atoms with van der Waals surface area (Å²) >= 11 is 0. The summed E-state index contributed by atoms with van der Waals surface area (Å²) in [6.45, 7) is 6.26. The van der Waals surface area contributed by atoms with Gasteiger partial charge in [0.15, 0.2) is 11.5 Å². The minimum absolute atomic E-state index is 0.166. The number of hydrogen-bond donors (Lipinski definition) is 0. The molecule has 0 N–H and O–H groups in total. The lowest BCUT2D eigenvalue weighted by atomic mass is 10.1. The third-order valence-corrected chi connectivity index (χ3v) is 7.69. The van der Waals surface area contributed by atoms with Gasteiger partial charge in [-0.25, -0.2) is 0 Å². The van der Waals surface area contributed by atoms with E-state index in [1.807, 2.05) is 0 Å². The molecular formula is C12H18O3Si. The molecule has 88 valence electrons. The third-order valence-electron chi connectivity index (χ3n) is 3.17. The molecule has 3 nitrogen and oxygen atoms in total. The van der Waals surface area contributed by atoms with Crippen molar-refractivity contribution in [2.45, 2.75) is 38.9 Å². The number of carbonyl (C=O) groups is 2. The van der Waals surface area contributed by atoms with E-state index in [9.17, 15) is 9.59 Å². The van der Waals surface area contributed by atoms with E-state index in [-0.39, 0.29) is 17.3 Å². The maximum absolute atomic E-state index is 11.6. The Kier molecular flexibility index (Phi) is 4.24. The smallest absolute Gasteiger partial charge is 0.250 e. The SMILES string of the molecule is CC[Si](CC)(CC)OC1=CC(=O)C=CC1=O. The van der Waals surface area contributed by atoms with E-state index in [0.29, 0.717) is 0 Å². The van der Waals surface area contributed by atoms with Crippen LogP contribution in [0.1, 0.15) is 20.8 Å². The van der Waals surface area contributed by atoms with Gasteiger partial charge in [-0.3, -0.25) is 9.59 Å². The second kappa shape index (κ2) is 5.25. The molecule has 0 amide bonds. The van der Waals surface area contributed by atoms with Crippen LogP contribution in [0.15, 0.2) is 24.0 Å². The number of carbonyl (C=O) groups excluding carboxylic acids is 2. The van der Waals surface area contributed by atoms with E-state index >= 15 is 0 Å². The molecule has 0 aromatic heterocycles. The minimum atomic E-state index is -1.85. The molecule has 1 rings (SSSR count). The first-order chi connectivity index (χ1) is 7.56. The Morgan fingerprint density at radius 1 is 1.06 bits per heavy atom. The first kappa shape index (κ1) is 12.9. The minimum Gasteiger partial charge on any atom is -0.541 e. The van der Waals surface area contributed by atoms with E-state index < -0.39 is 8.32 Å². The zero-order valence-electron chi connectivity index (χ0n) is 10.1. The third kappa shape index (κ3) is 2.69. The molecule has 0 bridgehead atoms. The van der Waals surface area contributed by atoms with Crippen LogP contribution in [0, 0.1) is 0 Å². The van der Waals surface area contributed by atoms with Crippen molar-refractivity contribution in [3.05, 3.63) is 24.0 Å². The Balaban J connectivity index is 2.87. The molecule has 0 saturated heterocycles. The van der Waals surface area contributed by atoms with Gasteiger partial charge in [0.2, 0.25) is 5.78 Å². The lowest BCUT2D eigenvalue weighted by Gasteiger charge is -2.29. The standard InChI is InChI=1S/C12H18O3Si/c1-4-16(5-2,6-3)15-12-9-10(13)7-8-11(12)14/h7-9H,4-6H2,1-3H3. The maximum atomic E-state index is 11.6. The van der Waals surface area contributed by atoms with Crippen LogP contribution in [0.25, 0.3) is 0 Å². The Labute approximate surface area is 97.3 Å². The molecule has 4 heteroatoms. The van der Waals surface area contributed by atoms with Crippen LogP contribution in [-0.4, -0.2) is 19.9 Å². The predicted molar refractivity (Wildman–Crippen MR) is 65.5 cm³/mol. The van der Waals surface area contributed by atoms with E-state index in [4.69, 9.17) is 4.43 Å². The van der Waals surface area contributed by atoms with Crippen LogP contribution in [0.5, 0.6) is 0 Å². The van der Waals surface area contributed by atoms with Crippen molar-refractivity contribution in [1.82, 2.24) is 0 Å². The Morgan fingerprint density at radius 3 is 2.12 bits per heavy atom. The zero-order chi connectivity index (χ0) is 12.2. The molecule has 1 aliphatic carbocycles. The number of rotatable bonds is 5. The van der Waals surface area contributed by atoms with Crippen molar-refractivity contribution in [2.24, 2.45) is 0 Å². The van der Waals surface area contributed by atoms with Gasteiger partial charge in [0, 0.05) is 6.08 Å². The van der Waals surface area contributed by atoms with Crippen molar-refractivity contribution < 1.29 is 14.0 Å². The fourth-order valence-electron chi connectivity index (χ4n) is 1.77. The molecule has 0 fully saturated rings. The normalized spacial score (nSPS) is 16.3. The zero-order valence-corrected chi connectivity index (χ0v) is 11.1. The summed E-state index contributed by atoms with van der Waals surface area (Å²) in [5.74, 6) is -0.114. The van der Waals surface area contributed by atoms with Gasteiger partial charge < -0.3 is 4.43 Å². The monoisotopic (exact) mass is 238 g/mol. The van der Waals surface area contributed by atoms with Crippen LogP contribution in [0.2, 0.25) is 18.1 Å². The molecule has 16 heavy (non-hydrogen) atoms. The van der Waals surface area contributed by atoms with Crippen LogP contribution >= 0.6 is 0 Å². The molecule has 0 spiro atoms. The molecule has 0 radical (unpaired) electrons. The lowest BCUT2D eigenvalue weighted by Crippen LogP contribution is -2.37. The average molecular weight is 238 g/mol. The molecule has 0 atom stereocenters. The summed E-state index contributed by atoms with van der Waals surface area (Å²) in [6.07, 6.45) is 3.88. The van der Waals surface area contributed by atoms with Gasteiger partial charge in [-0.1, -0.05) is 20.8 Å². The largest absolute Gasteiger partial charge is 0.541 e. The molecule has 0 saturated carbocycles. The van der Waals surface area contributed by atoms with Crippen LogP contribution in [0.4, 0.5) is 0 Å². The van der Waals surface area contributed by atoms with Crippen molar-refractivity contribution >= 4 is 19.9 Å². The second-order valence-electron chi connectivity index (χ2n) is 3.95. The van der Waals surface area contributed by atoms with E-state index in [1.165, 1.54) is 18.2 Å². The number of hydrogen-bond acceptors (Lipinski definition) is 3. The summed E-state index contributed by atoms with van der Waals surface area (Å²) in [6, 6.07) is 2.88. The molecule has 0 aromatic carbocycles. The topological polar surface area (TPSA) is 43.4 Å². The highest BCUT2D eigenvalue weighted by Gasteiger charge is 2.33. The van der Waals surface area contributed by atoms with E-state index in [0.717, 1.165) is 18.1 Å². The molecule has 0 heterocycles. The van der Waals surface area contributed by atoms with Crippen molar-refractivity contribution in [1.29, 1.82) is 0 Å². The van der Waals surface area contributed by atoms with Crippen LogP contribution in [0.3, 0.4) is 0 Å². The Bertz CT molecular complexity index is 343. The quantitative estimate of drug-likeness (QED) is 0.546. The fourth-order valence-corrected chi connectivity index (χ4v) is 4.33. The number of ketones is 2. The average Bonchev–Trinajstić information content (AvgIpc) is 2.31. The highest BCUT2D eigenvalue weighted by molar-refractivity contribution is 6.74. The van der Waals surface area contributed by atoms with Gasteiger partial charge in [0.25, 0.3) is 8.32 Å². The van der Waals surface area contributed by atoms with Gasteiger partial charge in [-0.15, -0.1) is 0 Å². The Morgan fingerprint density at radius 2 is 1.62 bits per heavy atom. The first-order valence-corrected chi connectivity index (χ1v) is 8.27. The molecule has 0 unspecified atom stereocenters. The van der Waals surface area contributed by atoms with Crippen molar-refractivity contribution in [3.8, 4) is 0 Å². The second-order valence-corrected chi connectivity index (χ2v) is 8.65. The molecule has 1 aliphatic rings. The highest BCUT2D eigenvalue weighted by Crippen LogP contribution is 2.25. The van der Waals surface area contributed by atoms with Gasteiger partial charge >= 0.3 is 0 Å². The fraction of sp³-hybridized carbons (Fsp3) is 0.500. The van der Waals surface area contributed by atoms with E-state index in [1.54, 1.807) is 0 Å². The first-order valence-electron chi connectivity index (χ1n) is 5.74. The summed E-state index contributed by atoms with van der Waals surface area (Å²) in [5.41, 5.74) is 0. The molecule has 0 aromatic rings. The molecular weight excluding hydrogens is 220 g/mol. The summed E-state index contributed by atoms with van der Waals surface area (Å²) in [7, 11) is -1.85. The van der Waals surface area contributed by atoms with Crippen LogP contribution in [-0.2, 0) is 14.0 Å².